The zero-order valence-corrected chi connectivity index (χ0v) is 20.1. The summed E-state index contributed by atoms with van der Waals surface area (Å²) in [6, 6.07) is 24.2. The van der Waals surface area contributed by atoms with Crippen LogP contribution in [0, 0.1) is 18.8 Å². The molecule has 0 bridgehead atoms. The topological polar surface area (TPSA) is 66.8 Å². The van der Waals surface area contributed by atoms with Crippen LogP contribution in [0.3, 0.4) is 0 Å². The van der Waals surface area contributed by atoms with Gasteiger partial charge in [0.25, 0.3) is 0 Å². The molecule has 0 radical (unpaired) electrons. The summed E-state index contributed by atoms with van der Waals surface area (Å²) in [5.74, 6) is 6.14. The highest BCUT2D eigenvalue weighted by Gasteiger charge is 2.17. The highest BCUT2D eigenvalue weighted by Crippen LogP contribution is 2.28. The summed E-state index contributed by atoms with van der Waals surface area (Å²) in [6.07, 6.45) is 1.61. The first kappa shape index (κ1) is 25.2. The molecule has 0 aliphatic carbocycles. The van der Waals surface area contributed by atoms with Crippen LogP contribution in [0.4, 0.5) is 0 Å². The predicted molar refractivity (Wildman–Crippen MR) is 139 cm³/mol. The maximum absolute atomic E-state index is 11.2. The number of benzene rings is 3. The van der Waals surface area contributed by atoms with Crippen LogP contribution in [0.15, 0.2) is 83.8 Å². The average Bonchev–Trinajstić information content (AvgIpc) is 2.86. The van der Waals surface area contributed by atoms with Crippen LogP contribution in [-0.2, 0) is 4.79 Å². The third kappa shape index (κ3) is 7.02. The lowest BCUT2D eigenvalue weighted by molar-refractivity contribution is -0.145. The summed E-state index contributed by atoms with van der Waals surface area (Å²) < 4.78 is 5.63. The number of hydrogen-bond donors (Lipinski definition) is 2. The molecule has 1 atom stereocenters. The third-order valence-electron chi connectivity index (χ3n) is 5.20. The van der Waals surface area contributed by atoms with Crippen molar-refractivity contribution in [1.82, 2.24) is 0 Å². The molecule has 34 heavy (non-hydrogen) atoms. The van der Waals surface area contributed by atoms with Gasteiger partial charge in [0.1, 0.15) is 12.4 Å². The third-order valence-corrected chi connectivity index (χ3v) is 6.13. The SMILES string of the molecule is CCC(Oc1ccc(SCC=C(C#CCO)c2ccc(-c3ccccc3)cc2)cc1C)C(=O)O. The number of hydrogen-bond acceptors (Lipinski definition) is 4. The monoisotopic (exact) mass is 472 g/mol. The van der Waals surface area contributed by atoms with Crippen molar-refractivity contribution in [1.29, 1.82) is 0 Å². The van der Waals surface area contributed by atoms with Crippen LogP contribution in [0.5, 0.6) is 5.75 Å². The van der Waals surface area contributed by atoms with Gasteiger partial charge in [-0.15, -0.1) is 11.8 Å². The van der Waals surface area contributed by atoms with Crippen molar-refractivity contribution in [2.45, 2.75) is 31.3 Å². The molecule has 0 saturated heterocycles. The summed E-state index contributed by atoms with van der Waals surface area (Å²) in [6.45, 7) is 3.51. The second-order valence-corrected chi connectivity index (χ2v) is 8.71. The van der Waals surface area contributed by atoms with Gasteiger partial charge in [0.05, 0.1) is 0 Å². The van der Waals surface area contributed by atoms with E-state index >= 15 is 0 Å². The summed E-state index contributed by atoms with van der Waals surface area (Å²) >= 11 is 1.65. The number of thioether (sulfide) groups is 1. The van der Waals surface area contributed by atoms with E-state index in [0.717, 1.165) is 32.7 Å². The molecule has 0 aliphatic rings. The van der Waals surface area contributed by atoms with Crippen LogP contribution >= 0.6 is 11.8 Å². The fraction of sp³-hybridized carbons (Fsp3) is 0.207. The van der Waals surface area contributed by atoms with Crippen LogP contribution in [0.25, 0.3) is 16.7 Å². The molecule has 0 aromatic heterocycles. The minimum atomic E-state index is -0.959. The number of allylic oxidation sites excluding steroid dienone is 1. The largest absolute Gasteiger partial charge is 0.479 e. The lowest BCUT2D eigenvalue weighted by Crippen LogP contribution is -2.26. The first-order valence-electron chi connectivity index (χ1n) is 11.1. The molecule has 0 saturated carbocycles. The molecule has 3 aromatic rings. The van der Waals surface area contributed by atoms with Gasteiger partial charge in [0.15, 0.2) is 6.10 Å². The van der Waals surface area contributed by atoms with Crippen molar-refractivity contribution in [3.8, 4) is 28.7 Å². The van der Waals surface area contributed by atoms with Gasteiger partial charge in [0, 0.05) is 16.2 Å². The first-order chi connectivity index (χ1) is 16.5. The highest BCUT2D eigenvalue weighted by molar-refractivity contribution is 7.99. The normalized spacial score (nSPS) is 11.9. The molecule has 0 spiro atoms. The molecule has 5 heteroatoms. The Morgan fingerprint density at radius 2 is 1.76 bits per heavy atom. The summed E-state index contributed by atoms with van der Waals surface area (Å²) in [5.41, 5.74) is 5.06. The fourth-order valence-corrected chi connectivity index (χ4v) is 4.24. The maximum Gasteiger partial charge on any atom is 0.344 e. The Kier molecular flexibility index (Phi) is 9.40. The molecule has 0 amide bonds. The van der Waals surface area contributed by atoms with E-state index in [-0.39, 0.29) is 6.61 Å². The average molecular weight is 473 g/mol. The van der Waals surface area contributed by atoms with Crippen molar-refractivity contribution in [2.24, 2.45) is 0 Å². The molecular weight excluding hydrogens is 444 g/mol. The molecule has 0 aliphatic heterocycles. The number of aliphatic hydroxyl groups excluding tert-OH is 1. The Morgan fingerprint density at radius 1 is 1.06 bits per heavy atom. The smallest absolute Gasteiger partial charge is 0.344 e. The van der Waals surface area contributed by atoms with E-state index in [0.29, 0.717) is 17.9 Å². The van der Waals surface area contributed by atoms with Crippen molar-refractivity contribution in [2.75, 3.05) is 12.4 Å². The Hall–Kier alpha value is -3.46. The van der Waals surface area contributed by atoms with E-state index in [4.69, 9.17) is 4.74 Å². The Labute approximate surface area is 205 Å². The molecule has 1 unspecified atom stereocenters. The van der Waals surface area contributed by atoms with Gasteiger partial charge >= 0.3 is 5.97 Å². The lowest BCUT2D eigenvalue weighted by Gasteiger charge is -2.15. The number of aryl methyl sites for hydroxylation is 1. The Balaban J connectivity index is 1.71. The number of aliphatic carboxylic acids is 1. The minimum absolute atomic E-state index is 0.192. The van der Waals surface area contributed by atoms with Crippen molar-refractivity contribution >= 4 is 23.3 Å². The zero-order chi connectivity index (χ0) is 24.3. The second-order valence-electron chi connectivity index (χ2n) is 7.61. The van der Waals surface area contributed by atoms with Crippen LogP contribution in [0.1, 0.15) is 24.5 Å². The fourth-order valence-electron chi connectivity index (χ4n) is 3.38. The molecule has 174 valence electrons. The van der Waals surface area contributed by atoms with Crippen LogP contribution in [0.2, 0.25) is 0 Å². The predicted octanol–water partition coefficient (Wildman–Crippen LogP) is 6.08. The number of ether oxygens (including phenoxy) is 1. The standard InChI is InChI=1S/C29H28O4S/c1-3-27(29(31)32)33-28-16-15-26(20-21(28)2)34-19-17-23(10-7-18-30)25-13-11-24(12-14-25)22-8-5-4-6-9-22/h4-6,8-9,11-17,20,27,30H,3,18-19H2,1-2H3,(H,31,32). The molecular formula is C29H28O4S. The van der Waals surface area contributed by atoms with Gasteiger partial charge in [0.2, 0.25) is 0 Å². The second kappa shape index (κ2) is 12.7. The number of rotatable bonds is 9. The Morgan fingerprint density at radius 3 is 2.38 bits per heavy atom. The summed E-state index contributed by atoms with van der Waals surface area (Å²) in [5, 5.41) is 18.4. The highest BCUT2D eigenvalue weighted by atomic mass is 32.2. The van der Waals surface area contributed by atoms with E-state index in [2.05, 4.69) is 42.2 Å². The van der Waals surface area contributed by atoms with Crippen molar-refractivity contribution in [3.63, 3.8) is 0 Å². The van der Waals surface area contributed by atoms with Crippen LogP contribution in [-0.4, -0.2) is 34.6 Å². The van der Waals surface area contributed by atoms with Gasteiger partial charge in [-0.2, -0.15) is 0 Å². The summed E-state index contributed by atoms with van der Waals surface area (Å²) in [7, 11) is 0. The number of carboxylic acids is 1. The summed E-state index contributed by atoms with van der Waals surface area (Å²) in [4.78, 5) is 12.3. The van der Waals surface area contributed by atoms with E-state index in [1.54, 1.807) is 18.7 Å². The molecule has 0 heterocycles. The van der Waals surface area contributed by atoms with E-state index in [9.17, 15) is 15.0 Å². The van der Waals surface area contributed by atoms with Gasteiger partial charge in [-0.05, 0) is 53.8 Å². The lowest BCUT2D eigenvalue weighted by atomic mass is 10.0. The van der Waals surface area contributed by atoms with Gasteiger partial charge in [-0.1, -0.05) is 79.4 Å². The number of carbonyl (C=O) groups is 1. The number of carboxylic acid groups (broad SMARTS) is 1. The minimum Gasteiger partial charge on any atom is -0.479 e. The van der Waals surface area contributed by atoms with Gasteiger partial charge in [-0.3, -0.25) is 0 Å². The van der Waals surface area contributed by atoms with E-state index in [1.807, 2.05) is 55.5 Å². The van der Waals surface area contributed by atoms with Gasteiger partial charge in [-0.25, -0.2) is 4.79 Å². The van der Waals surface area contributed by atoms with Crippen molar-refractivity contribution in [3.05, 3.63) is 90.0 Å². The van der Waals surface area contributed by atoms with E-state index in [1.165, 1.54) is 0 Å². The van der Waals surface area contributed by atoms with Crippen molar-refractivity contribution < 1.29 is 19.7 Å². The molecule has 4 nitrogen and oxygen atoms in total. The van der Waals surface area contributed by atoms with Crippen LogP contribution < -0.4 is 4.74 Å². The molecule has 3 rings (SSSR count). The first-order valence-corrected chi connectivity index (χ1v) is 12.1. The molecule has 2 N–H and O–H groups in total. The quantitative estimate of drug-likeness (QED) is 0.292. The Bertz CT molecular complexity index is 1190. The zero-order valence-electron chi connectivity index (χ0n) is 19.3. The van der Waals surface area contributed by atoms with E-state index < -0.39 is 12.1 Å². The number of aliphatic hydroxyl groups is 1. The maximum atomic E-state index is 11.2. The molecule has 3 aromatic carbocycles. The van der Waals surface area contributed by atoms with Gasteiger partial charge < -0.3 is 14.9 Å². The molecule has 0 fully saturated rings.